The van der Waals surface area contributed by atoms with Gasteiger partial charge in [0.25, 0.3) is 5.69 Å². The number of morpholine rings is 1. The highest BCUT2D eigenvalue weighted by atomic mass is 19.1. The number of ketones is 1. The van der Waals surface area contributed by atoms with Crippen LogP contribution in [0.3, 0.4) is 0 Å². The Labute approximate surface area is 138 Å². The highest BCUT2D eigenvalue weighted by molar-refractivity contribution is 6.09. The molecular weight excluding hydrogens is 315 g/mol. The minimum atomic E-state index is -0.891. The van der Waals surface area contributed by atoms with Gasteiger partial charge < -0.3 is 10.1 Å². The Kier molecular flexibility index (Phi) is 6.53. The van der Waals surface area contributed by atoms with Gasteiger partial charge in [-0.15, -0.1) is 0 Å². The summed E-state index contributed by atoms with van der Waals surface area (Å²) < 4.78 is 18.6. The van der Waals surface area contributed by atoms with E-state index in [1.54, 1.807) is 30.3 Å². The van der Waals surface area contributed by atoms with E-state index in [1.807, 2.05) is 0 Å². The van der Waals surface area contributed by atoms with Gasteiger partial charge in [0.05, 0.1) is 29.8 Å². The number of hydrogen-bond donors (Lipinski definition) is 1. The van der Waals surface area contributed by atoms with Gasteiger partial charge in [-0.1, -0.05) is 30.3 Å². The van der Waals surface area contributed by atoms with Crippen LogP contribution >= 0.6 is 0 Å². The van der Waals surface area contributed by atoms with E-state index in [0.29, 0.717) is 5.56 Å². The predicted octanol–water partition coefficient (Wildman–Crippen LogP) is 2.57. The van der Waals surface area contributed by atoms with Crippen LogP contribution in [0.2, 0.25) is 0 Å². The number of benzene rings is 2. The summed E-state index contributed by atoms with van der Waals surface area (Å²) in [6.07, 6.45) is 0. The van der Waals surface area contributed by atoms with E-state index in [9.17, 15) is 19.3 Å². The maximum Gasteiger partial charge on any atom is 0.272 e. The van der Waals surface area contributed by atoms with Crippen molar-refractivity contribution in [2.75, 3.05) is 26.3 Å². The van der Waals surface area contributed by atoms with Gasteiger partial charge in [0.1, 0.15) is 5.82 Å². The number of hydrogen-bond acceptors (Lipinski definition) is 5. The number of carbonyl (C=O) groups is 1. The normalized spacial score (nSPS) is 13.5. The van der Waals surface area contributed by atoms with E-state index in [1.165, 1.54) is 0 Å². The molecule has 1 fully saturated rings. The van der Waals surface area contributed by atoms with Crippen molar-refractivity contribution in [1.29, 1.82) is 0 Å². The molecule has 126 valence electrons. The first-order chi connectivity index (χ1) is 11.6. The summed E-state index contributed by atoms with van der Waals surface area (Å²) in [5, 5.41) is 13.6. The molecule has 0 spiro atoms. The van der Waals surface area contributed by atoms with Crippen molar-refractivity contribution in [1.82, 2.24) is 5.32 Å². The first kappa shape index (κ1) is 17.7. The SMILES string of the molecule is C1COCCN1.O=C(c1ccccc1)c1ccc([N+](=O)[O-])cc1F. The van der Waals surface area contributed by atoms with Crippen molar-refractivity contribution >= 4 is 11.5 Å². The Hall–Kier alpha value is -2.64. The summed E-state index contributed by atoms with van der Waals surface area (Å²) in [5.74, 6) is -1.39. The van der Waals surface area contributed by atoms with Crippen LogP contribution in [-0.2, 0) is 4.74 Å². The van der Waals surface area contributed by atoms with E-state index >= 15 is 0 Å². The predicted molar refractivity (Wildman–Crippen MR) is 86.6 cm³/mol. The Morgan fingerprint density at radius 2 is 1.79 bits per heavy atom. The fraction of sp³-hybridized carbons (Fsp3) is 0.235. The minimum absolute atomic E-state index is 0.174. The van der Waals surface area contributed by atoms with Crippen molar-refractivity contribution < 1.29 is 18.8 Å². The largest absolute Gasteiger partial charge is 0.379 e. The minimum Gasteiger partial charge on any atom is -0.379 e. The molecule has 6 nitrogen and oxygen atoms in total. The molecule has 2 aromatic rings. The molecule has 0 atom stereocenters. The number of nitrogens with one attached hydrogen (secondary N) is 1. The third kappa shape index (κ3) is 4.94. The molecular formula is C17H17FN2O4. The molecule has 0 bridgehead atoms. The number of carbonyl (C=O) groups excluding carboxylic acids is 1. The maximum absolute atomic E-state index is 13.6. The molecule has 1 aliphatic heterocycles. The Morgan fingerprint density at radius 3 is 2.25 bits per heavy atom. The van der Waals surface area contributed by atoms with Crippen LogP contribution in [0.5, 0.6) is 0 Å². The third-order valence-electron chi connectivity index (χ3n) is 3.29. The van der Waals surface area contributed by atoms with Crippen LogP contribution in [0.4, 0.5) is 10.1 Å². The number of halogens is 1. The van der Waals surface area contributed by atoms with Gasteiger partial charge in [0, 0.05) is 24.7 Å². The lowest BCUT2D eigenvalue weighted by atomic mass is 10.0. The first-order valence-electron chi connectivity index (χ1n) is 7.42. The summed E-state index contributed by atoms with van der Waals surface area (Å²) in [5.41, 5.74) is -0.214. The average Bonchev–Trinajstić information content (AvgIpc) is 2.64. The van der Waals surface area contributed by atoms with Crippen LogP contribution in [0.15, 0.2) is 48.5 Å². The van der Waals surface area contributed by atoms with Gasteiger partial charge in [-0.25, -0.2) is 4.39 Å². The van der Waals surface area contributed by atoms with E-state index in [4.69, 9.17) is 4.74 Å². The Morgan fingerprint density at radius 1 is 1.12 bits per heavy atom. The summed E-state index contributed by atoms with van der Waals surface area (Å²) in [6.45, 7) is 3.83. The molecule has 7 heteroatoms. The zero-order valence-corrected chi connectivity index (χ0v) is 12.9. The molecule has 0 unspecified atom stereocenters. The van der Waals surface area contributed by atoms with Crippen LogP contribution < -0.4 is 5.32 Å². The van der Waals surface area contributed by atoms with Crippen LogP contribution in [0, 0.1) is 15.9 Å². The van der Waals surface area contributed by atoms with Gasteiger partial charge in [0.15, 0.2) is 5.78 Å². The van der Waals surface area contributed by atoms with Crippen molar-refractivity contribution in [2.24, 2.45) is 0 Å². The first-order valence-corrected chi connectivity index (χ1v) is 7.42. The lowest BCUT2D eigenvalue weighted by Crippen LogP contribution is -2.30. The average molecular weight is 332 g/mol. The zero-order valence-electron chi connectivity index (χ0n) is 12.9. The zero-order chi connectivity index (χ0) is 17.4. The molecule has 0 saturated carbocycles. The molecule has 1 N–H and O–H groups in total. The fourth-order valence-corrected chi connectivity index (χ4v) is 2.06. The summed E-state index contributed by atoms with van der Waals surface area (Å²) >= 11 is 0. The second-order valence-electron chi connectivity index (χ2n) is 4.98. The van der Waals surface area contributed by atoms with E-state index < -0.39 is 16.5 Å². The van der Waals surface area contributed by atoms with Gasteiger partial charge in [-0.2, -0.15) is 0 Å². The van der Waals surface area contributed by atoms with E-state index in [0.717, 1.165) is 44.5 Å². The molecule has 24 heavy (non-hydrogen) atoms. The lowest BCUT2D eigenvalue weighted by Gasteiger charge is -2.10. The van der Waals surface area contributed by atoms with Crippen molar-refractivity contribution in [3.8, 4) is 0 Å². The molecule has 1 saturated heterocycles. The second-order valence-corrected chi connectivity index (χ2v) is 4.98. The second kappa shape index (κ2) is 8.85. The highest BCUT2D eigenvalue weighted by Gasteiger charge is 2.17. The number of non-ortho nitro benzene ring substituents is 1. The summed E-state index contributed by atoms with van der Waals surface area (Å²) in [7, 11) is 0. The highest BCUT2D eigenvalue weighted by Crippen LogP contribution is 2.19. The maximum atomic E-state index is 13.6. The number of ether oxygens (including phenoxy) is 1. The van der Waals surface area contributed by atoms with Crippen molar-refractivity contribution in [3.63, 3.8) is 0 Å². The Balaban J connectivity index is 0.000000292. The smallest absolute Gasteiger partial charge is 0.272 e. The quantitative estimate of drug-likeness (QED) is 0.531. The fourth-order valence-electron chi connectivity index (χ4n) is 2.06. The monoisotopic (exact) mass is 332 g/mol. The molecule has 0 aromatic heterocycles. The van der Waals surface area contributed by atoms with Crippen molar-refractivity contribution in [3.05, 3.63) is 75.6 Å². The summed E-state index contributed by atoms with van der Waals surface area (Å²) in [4.78, 5) is 21.7. The number of nitro benzene ring substituents is 1. The van der Waals surface area contributed by atoms with Crippen LogP contribution in [0.25, 0.3) is 0 Å². The number of rotatable bonds is 3. The molecule has 1 aliphatic rings. The number of nitrogens with zero attached hydrogens (tertiary/aromatic N) is 1. The summed E-state index contributed by atoms with van der Waals surface area (Å²) in [6, 6.07) is 11.2. The Bertz CT molecular complexity index is 691. The number of nitro groups is 1. The van der Waals surface area contributed by atoms with Gasteiger partial charge in [0.2, 0.25) is 0 Å². The molecule has 0 aliphatic carbocycles. The van der Waals surface area contributed by atoms with Gasteiger partial charge in [-0.3, -0.25) is 14.9 Å². The molecule has 0 amide bonds. The standard InChI is InChI=1S/C13H8FNO3.C4H9NO/c14-12-8-10(15(17)18)6-7-11(12)13(16)9-4-2-1-3-5-9;1-3-6-4-2-5-1/h1-8H;5H,1-4H2. The van der Waals surface area contributed by atoms with Crippen LogP contribution in [-0.4, -0.2) is 37.0 Å². The molecule has 0 radical (unpaired) electrons. The lowest BCUT2D eigenvalue weighted by molar-refractivity contribution is -0.385. The molecule has 1 heterocycles. The molecule has 2 aromatic carbocycles. The van der Waals surface area contributed by atoms with Gasteiger partial charge >= 0.3 is 0 Å². The van der Waals surface area contributed by atoms with E-state index in [-0.39, 0.29) is 11.3 Å². The van der Waals surface area contributed by atoms with Crippen LogP contribution in [0.1, 0.15) is 15.9 Å². The van der Waals surface area contributed by atoms with Gasteiger partial charge in [-0.05, 0) is 6.07 Å². The third-order valence-corrected chi connectivity index (χ3v) is 3.29. The van der Waals surface area contributed by atoms with Crippen molar-refractivity contribution in [2.45, 2.75) is 0 Å². The topological polar surface area (TPSA) is 81.5 Å². The van der Waals surface area contributed by atoms with E-state index in [2.05, 4.69) is 5.32 Å². The molecule has 3 rings (SSSR count).